The highest BCUT2D eigenvalue weighted by atomic mass is 16.3. The van der Waals surface area contributed by atoms with Crippen LogP contribution in [0.3, 0.4) is 0 Å². The summed E-state index contributed by atoms with van der Waals surface area (Å²) in [6.45, 7) is 4.39. The maximum atomic E-state index is 11.2. The van der Waals surface area contributed by atoms with Gasteiger partial charge in [-0.25, -0.2) is 0 Å². The zero-order valence-electron chi connectivity index (χ0n) is 10.3. The molecule has 1 aromatic carbocycles. The van der Waals surface area contributed by atoms with Crippen molar-refractivity contribution in [1.82, 2.24) is 0 Å². The van der Waals surface area contributed by atoms with Gasteiger partial charge >= 0.3 is 0 Å². The predicted molar refractivity (Wildman–Crippen MR) is 68.1 cm³/mol. The molecule has 1 aliphatic rings. The van der Waals surface area contributed by atoms with Crippen LogP contribution < -0.4 is 0 Å². The van der Waals surface area contributed by atoms with Crippen molar-refractivity contribution in [1.29, 1.82) is 0 Å². The molecular formula is C15H18O2. The Hall–Kier alpha value is -1.57. The third kappa shape index (κ3) is 2.76. The molecule has 0 saturated carbocycles. The van der Waals surface area contributed by atoms with Crippen LogP contribution in [-0.4, -0.2) is 10.9 Å². The highest BCUT2D eigenvalue weighted by Crippen LogP contribution is 2.31. The van der Waals surface area contributed by atoms with Crippen molar-refractivity contribution in [2.45, 2.75) is 32.6 Å². The van der Waals surface area contributed by atoms with Crippen molar-refractivity contribution in [3.63, 3.8) is 0 Å². The summed E-state index contributed by atoms with van der Waals surface area (Å²) in [6, 6.07) is 8.22. The van der Waals surface area contributed by atoms with Crippen LogP contribution in [0.1, 0.15) is 37.3 Å². The van der Waals surface area contributed by atoms with Crippen LogP contribution in [0.5, 0.6) is 0 Å². The summed E-state index contributed by atoms with van der Waals surface area (Å²) in [7, 11) is 0. The number of hydrogen-bond donors (Lipinski definition) is 1. The van der Waals surface area contributed by atoms with E-state index in [1.165, 1.54) is 11.6 Å². The van der Waals surface area contributed by atoms with Gasteiger partial charge in [-0.1, -0.05) is 38.1 Å². The highest BCUT2D eigenvalue weighted by molar-refractivity contribution is 5.94. The summed E-state index contributed by atoms with van der Waals surface area (Å²) >= 11 is 0. The minimum Gasteiger partial charge on any atom is -0.512 e. The van der Waals surface area contributed by atoms with Crippen LogP contribution in [-0.2, 0) is 11.2 Å². The molecule has 0 radical (unpaired) electrons. The number of aliphatic hydroxyl groups is 1. The number of carbonyl (C=O) groups is 1. The van der Waals surface area contributed by atoms with E-state index < -0.39 is 0 Å². The molecule has 0 fully saturated rings. The summed E-state index contributed by atoms with van der Waals surface area (Å²) in [4.78, 5) is 11.2. The Balaban J connectivity index is 2.13. The van der Waals surface area contributed by atoms with Crippen LogP contribution in [0.4, 0.5) is 0 Å². The summed E-state index contributed by atoms with van der Waals surface area (Å²) in [5, 5.41) is 9.67. The first-order valence-corrected chi connectivity index (χ1v) is 6.08. The Bertz CT molecular complexity index is 440. The van der Waals surface area contributed by atoms with E-state index in [4.69, 9.17) is 0 Å². The number of ketones is 1. The van der Waals surface area contributed by atoms with Gasteiger partial charge in [-0.15, -0.1) is 0 Å². The highest BCUT2D eigenvalue weighted by Gasteiger charge is 2.25. The Morgan fingerprint density at radius 1 is 1.29 bits per heavy atom. The quantitative estimate of drug-likeness (QED) is 0.864. The maximum absolute atomic E-state index is 11.2. The van der Waals surface area contributed by atoms with Gasteiger partial charge in [-0.05, 0) is 23.5 Å². The summed E-state index contributed by atoms with van der Waals surface area (Å²) in [6.07, 6.45) is 2.80. The number of hydrogen-bond acceptors (Lipinski definition) is 2. The summed E-state index contributed by atoms with van der Waals surface area (Å²) in [5.74, 6) is 0.725. The average molecular weight is 230 g/mol. The summed E-state index contributed by atoms with van der Waals surface area (Å²) in [5.41, 5.74) is 2.33. The molecule has 0 saturated heterocycles. The lowest BCUT2D eigenvalue weighted by atomic mass is 9.94. The SMILES string of the molecule is CC(C)Cc1ccc(C2CC(=O)C=C2O)cc1. The number of aliphatic hydroxyl groups excluding tert-OH is 1. The second-order valence-corrected chi connectivity index (χ2v) is 5.13. The molecule has 2 heteroatoms. The molecule has 1 unspecified atom stereocenters. The first-order valence-electron chi connectivity index (χ1n) is 6.08. The Morgan fingerprint density at radius 2 is 1.94 bits per heavy atom. The molecule has 1 aliphatic carbocycles. The molecule has 2 rings (SSSR count). The van der Waals surface area contributed by atoms with Gasteiger partial charge in [0.2, 0.25) is 0 Å². The Morgan fingerprint density at radius 3 is 2.41 bits per heavy atom. The van der Waals surface area contributed by atoms with Gasteiger partial charge in [0, 0.05) is 18.4 Å². The van der Waals surface area contributed by atoms with Crippen LogP contribution in [0.2, 0.25) is 0 Å². The lowest BCUT2D eigenvalue weighted by Gasteiger charge is -2.11. The fraction of sp³-hybridized carbons (Fsp3) is 0.400. The molecule has 0 spiro atoms. The van der Waals surface area contributed by atoms with E-state index in [0.717, 1.165) is 12.0 Å². The van der Waals surface area contributed by atoms with Crippen molar-refractivity contribution in [3.8, 4) is 0 Å². The van der Waals surface area contributed by atoms with E-state index in [1.54, 1.807) is 0 Å². The fourth-order valence-corrected chi connectivity index (χ4v) is 2.28. The van der Waals surface area contributed by atoms with Gasteiger partial charge in [0.15, 0.2) is 5.78 Å². The van der Waals surface area contributed by atoms with E-state index in [1.807, 2.05) is 12.1 Å². The van der Waals surface area contributed by atoms with Gasteiger partial charge < -0.3 is 5.11 Å². The number of benzene rings is 1. The van der Waals surface area contributed by atoms with Crippen LogP contribution in [0, 0.1) is 5.92 Å². The van der Waals surface area contributed by atoms with E-state index in [2.05, 4.69) is 26.0 Å². The van der Waals surface area contributed by atoms with Crippen LogP contribution in [0.15, 0.2) is 36.1 Å². The Kier molecular flexibility index (Phi) is 3.32. The first kappa shape index (κ1) is 11.9. The fourth-order valence-electron chi connectivity index (χ4n) is 2.28. The molecule has 17 heavy (non-hydrogen) atoms. The largest absolute Gasteiger partial charge is 0.512 e. The predicted octanol–water partition coefficient (Wildman–Crippen LogP) is 3.38. The first-order chi connectivity index (χ1) is 8.06. The second kappa shape index (κ2) is 4.74. The normalized spacial score (nSPS) is 19.8. The minimum absolute atomic E-state index is 0.0127. The van der Waals surface area contributed by atoms with E-state index in [-0.39, 0.29) is 17.5 Å². The molecule has 0 aliphatic heterocycles. The van der Waals surface area contributed by atoms with Crippen molar-refractivity contribution in [3.05, 3.63) is 47.2 Å². The topological polar surface area (TPSA) is 37.3 Å². The van der Waals surface area contributed by atoms with Crippen molar-refractivity contribution in [2.24, 2.45) is 5.92 Å². The minimum atomic E-state index is -0.129. The van der Waals surface area contributed by atoms with Crippen LogP contribution >= 0.6 is 0 Å². The van der Waals surface area contributed by atoms with Crippen molar-refractivity contribution in [2.75, 3.05) is 0 Å². The molecule has 1 N–H and O–H groups in total. The van der Waals surface area contributed by atoms with Crippen molar-refractivity contribution >= 4 is 5.78 Å². The number of allylic oxidation sites excluding steroid dienone is 2. The second-order valence-electron chi connectivity index (χ2n) is 5.13. The molecule has 0 heterocycles. The maximum Gasteiger partial charge on any atom is 0.160 e. The zero-order chi connectivity index (χ0) is 12.4. The lowest BCUT2D eigenvalue weighted by molar-refractivity contribution is -0.114. The molecule has 90 valence electrons. The standard InChI is InChI=1S/C15H18O2/c1-10(2)7-11-3-5-12(6-4-11)14-8-13(16)9-15(14)17/h3-6,9-10,14,17H,7-8H2,1-2H3. The molecular weight excluding hydrogens is 212 g/mol. The average Bonchev–Trinajstić information content (AvgIpc) is 2.58. The monoisotopic (exact) mass is 230 g/mol. The molecule has 0 aromatic heterocycles. The van der Waals surface area contributed by atoms with Gasteiger partial charge in [0.25, 0.3) is 0 Å². The third-order valence-corrected chi connectivity index (χ3v) is 3.10. The van der Waals surface area contributed by atoms with E-state index in [9.17, 15) is 9.90 Å². The van der Waals surface area contributed by atoms with E-state index in [0.29, 0.717) is 12.3 Å². The van der Waals surface area contributed by atoms with Gasteiger partial charge in [-0.3, -0.25) is 4.79 Å². The van der Waals surface area contributed by atoms with Crippen LogP contribution in [0.25, 0.3) is 0 Å². The molecule has 1 aromatic rings. The molecule has 0 bridgehead atoms. The van der Waals surface area contributed by atoms with Crippen molar-refractivity contribution < 1.29 is 9.90 Å². The smallest absolute Gasteiger partial charge is 0.160 e. The number of rotatable bonds is 3. The zero-order valence-corrected chi connectivity index (χ0v) is 10.3. The lowest BCUT2D eigenvalue weighted by Crippen LogP contribution is -2.00. The number of carbonyl (C=O) groups excluding carboxylic acids is 1. The third-order valence-electron chi connectivity index (χ3n) is 3.10. The van der Waals surface area contributed by atoms with Gasteiger partial charge in [0.1, 0.15) is 5.76 Å². The molecule has 0 amide bonds. The summed E-state index contributed by atoms with van der Waals surface area (Å²) < 4.78 is 0. The molecule has 1 atom stereocenters. The van der Waals surface area contributed by atoms with E-state index >= 15 is 0 Å². The Labute approximate surface area is 102 Å². The van der Waals surface area contributed by atoms with Gasteiger partial charge in [0.05, 0.1) is 0 Å². The van der Waals surface area contributed by atoms with Gasteiger partial charge in [-0.2, -0.15) is 0 Å². The molecule has 2 nitrogen and oxygen atoms in total.